The molecular formula is C17H24O2. The van der Waals surface area contributed by atoms with E-state index in [0.717, 1.165) is 12.8 Å². The van der Waals surface area contributed by atoms with Crippen LogP contribution in [0.15, 0.2) is 48.6 Å². The number of carbonyl (C=O) groups is 1. The zero-order valence-corrected chi connectivity index (χ0v) is 12.4. The number of carbonyl (C=O) groups excluding carboxylic acids is 1. The molecule has 0 saturated carbocycles. The van der Waals surface area contributed by atoms with Gasteiger partial charge in [-0.2, -0.15) is 0 Å². The highest BCUT2D eigenvalue weighted by Crippen LogP contribution is 2.17. The van der Waals surface area contributed by atoms with Gasteiger partial charge in [-0.1, -0.05) is 56.8 Å². The minimum Gasteiger partial charge on any atom is -0.466 e. The number of allylic oxidation sites excluding steroid dienone is 2. The van der Waals surface area contributed by atoms with Crippen molar-refractivity contribution in [3.05, 3.63) is 54.1 Å². The van der Waals surface area contributed by atoms with Crippen LogP contribution in [0.1, 0.15) is 39.2 Å². The first-order chi connectivity index (χ1) is 9.06. The van der Waals surface area contributed by atoms with E-state index in [9.17, 15) is 4.79 Å². The van der Waals surface area contributed by atoms with Crippen LogP contribution >= 0.6 is 0 Å². The van der Waals surface area contributed by atoms with Crippen molar-refractivity contribution in [2.24, 2.45) is 0 Å². The number of ether oxygens (including phenoxy) is 1. The molecule has 1 aromatic rings. The summed E-state index contributed by atoms with van der Waals surface area (Å²) in [5, 5.41) is 0. The fourth-order valence-corrected chi connectivity index (χ4v) is 1.54. The summed E-state index contributed by atoms with van der Waals surface area (Å²) < 4.78 is 4.27. The maximum Gasteiger partial charge on any atom is 0.332 e. The van der Waals surface area contributed by atoms with Crippen LogP contribution in [0.2, 0.25) is 0 Å². The third kappa shape index (κ3) is 7.24. The molecule has 0 aliphatic heterocycles. The quantitative estimate of drug-likeness (QED) is 0.583. The molecule has 0 atom stereocenters. The molecule has 1 rings (SSSR count). The first-order valence-corrected chi connectivity index (χ1v) is 6.55. The highest BCUT2D eigenvalue weighted by atomic mass is 16.5. The van der Waals surface area contributed by atoms with Gasteiger partial charge in [0, 0.05) is 5.57 Å². The molecule has 1 aromatic carbocycles. The average molecular weight is 260 g/mol. The lowest BCUT2D eigenvalue weighted by Gasteiger charge is -2.03. The maximum atomic E-state index is 10.2. The van der Waals surface area contributed by atoms with Gasteiger partial charge in [0.2, 0.25) is 0 Å². The van der Waals surface area contributed by atoms with Crippen LogP contribution in [0.4, 0.5) is 0 Å². The van der Waals surface area contributed by atoms with Crippen molar-refractivity contribution in [1.82, 2.24) is 0 Å². The SMILES string of the molecule is C=C(C)C(=O)OC.CCC=C(CC)c1ccccc1. The Bertz CT molecular complexity index is 416. The summed E-state index contributed by atoms with van der Waals surface area (Å²) >= 11 is 0. The third-order valence-electron chi connectivity index (χ3n) is 2.51. The zero-order chi connectivity index (χ0) is 14.7. The summed E-state index contributed by atoms with van der Waals surface area (Å²) in [6.45, 7) is 9.34. The monoisotopic (exact) mass is 260 g/mol. The summed E-state index contributed by atoms with van der Waals surface area (Å²) in [4.78, 5) is 10.2. The van der Waals surface area contributed by atoms with Crippen LogP contribution in [0.3, 0.4) is 0 Å². The average Bonchev–Trinajstić information content (AvgIpc) is 2.45. The molecule has 0 fully saturated rings. The summed E-state index contributed by atoms with van der Waals surface area (Å²) in [5.41, 5.74) is 3.25. The molecule has 2 heteroatoms. The van der Waals surface area contributed by atoms with Gasteiger partial charge in [-0.15, -0.1) is 0 Å². The molecule has 0 aliphatic carbocycles. The Hall–Kier alpha value is -1.83. The predicted octanol–water partition coefficient (Wildman–Crippen LogP) is 4.63. The number of esters is 1. The minimum absolute atomic E-state index is 0.347. The summed E-state index contributed by atoms with van der Waals surface area (Å²) in [6, 6.07) is 10.6. The Kier molecular flexibility index (Phi) is 9.15. The maximum absolute atomic E-state index is 10.2. The first kappa shape index (κ1) is 17.2. The van der Waals surface area contributed by atoms with Gasteiger partial charge in [-0.25, -0.2) is 4.79 Å². The van der Waals surface area contributed by atoms with E-state index >= 15 is 0 Å². The fourth-order valence-electron chi connectivity index (χ4n) is 1.54. The van der Waals surface area contributed by atoms with E-state index in [1.165, 1.54) is 18.2 Å². The normalized spacial score (nSPS) is 10.2. The van der Waals surface area contributed by atoms with Crippen molar-refractivity contribution >= 4 is 11.5 Å². The Balaban J connectivity index is 0.000000399. The van der Waals surface area contributed by atoms with E-state index in [4.69, 9.17) is 0 Å². The Morgan fingerprint density at radius 1 is 1.26 bits per heavy atom. The number of hydrogen-bond donors (Lipinski definition) is 0. The minimum atomic E-state index is -0.347. The molecule has 19 heavy (non-hydrogen) atoms. The molecule has 0 bridgehead atoms. The molecule has 0 unspecified atom stereocenters. The molecular weight excluding hydrogens is 236 g/mol. The Labute approximate surface area is 116 Å². The molecule has 0 amide bonds. The van der Waals surface area contributed by atoms with Gasteiger partial charge in [-0.3, -0.25) is 0 Å². The second-order valence-electron chi connectivity index (χ2n) is 4.13. The van der Waals surface area contributed by atoms with Crippen molar-refractivity contribution < 1.29 is 9.53 Å². The standard InChI is InChI=1S/C12H16.C5H8O2/c1-3-8-11(4-2)12-9-6-5-7-10-12;1-4(2)5(6)7-3/h5-10H,3-4H2,1-2H3;1H2,2-3H3. The lowest BCUT2D eigenvalue weighted by molar-refractivity contribution is -0.136. The smallest absolute Gasteiger partial charge is 0.332 e. The van der Waals surface area contributed by atoms with Crippen LogP contribution in [-0.4, -0.2) is 13.1 Å². The summed E-state index contributed by atoms with van der Waals surface area (Å²) in [7, 11) is 1.33. The van der Waals surface area contributed by atoms with E-state index in [1.807, 2.05) is 0 Å². The van der Waals surface area contributed by atoms with Crippen LogP contribution in [0.5, 0.6) is 0 Å². The van der Waals surface area contributed by atoms with Crippen LogP contribution in [0, 0.1) is 0 Å². The molecule has 0 spiro atoms. The largest absolute Gasteiger partial charge is 0.466 e. The van der Waals surface area contributed by atoms with Crippen molar-refractivity contribution in [3.8, 4) is 0 Å². The number of methoxy groups -OCH3 is 1. The van der Waals surface area contributed by atoms with E-state index < -0.39 is 0 Å². The zero-order valence-electron chi connectivity index (χ0n) is 12.4. The lowest BCUT2D eigenvalue weighted by Crippen LogP contribution is -1.98. The second-order valence-corrected chi connectivity index (χ2v) is 4.13. The van der Waals surface area contributed by atoms with Gasteiger partial charge in [-0.05, 0) is 30.9 Å². The Morgan fingerprint density at radius 3 is 2.16 bits per heavy atom. The van der Waals surface area contributed by atoms with E-state index in [-0.39, 0.29) is 5.97 Å². The second kappa shape index (κ2) is 10.1. The van der Waals surface area contributed by atoms with Crippen molar-refractivity contribution in [1.29, 1.82) is 0 Å². The molecule has 2 nitrogen and oxygen atoms in total. The number of rotatable bonds is 4. The summed E-state index contributed by atoms with van der Waals surface area (Å²) in [6.07, 6.45) is 4.55. The number of benzene rings is 1. The van der Waals surface area contributed by atoms with E-state index in [0.29, 0.717) is 5.57 Å². The van der Waals surface area contributed by atoms with Gasteiger partial charge in [0.1, 0.15) is 0 Å². The molecule has 104 valence electrons. The predicted molar refractivity (Wildman–Crippen MR) is 81.8 cm³/mol. The molecule has 0 aliphatic rings. The topological polar surface area (TPSA) is 26.3 Å². The first-order valence-electron chi connectivity index (χ1n) is 6.55. The van der Waals surface area contributed by atoms with Crippen molar-refractivity contribution in [2.75, 3.05) is 7.11 Å². The fraction of sp³-hybridized carbons (Fsp3) is 0.353. The highest BCUT2D eigenvalue weighted by molar-refractivity contribution is 5.86. The van der Waals surface area contributed by atoms with Gasteiger partial charge >= 0.3 is 5.97 Å². The molecule has 0 heterocycles. The van der Waals surface area contributed by atoms with Gasteiger partial charge in [0.05, 0.1) is 7.11 Å². The van der Waals surface area contributed by atoms with Gasteiger partial charge < -0.3 is 4.74 Å². The van der Waals surface area contributed by atoms with Crippen molar-refractivity contribution in [2.45, 2.75) is 33.6 Å². The molecule has 0 N–H and O–H groups in total. The van der Waals surface area contributed by atoms with E-state index in [2.05, 4.69) is 61.6 Å². The lowest BCUT2D eigenvalue weighted by atomic mass is 10.0. The Morgan fingerprint density at radius 2 is 1.84 bits per heavy atom. The van der Waals surface area contributed by atoms with Crippen LogP contribution in [0.25, 0.3) is 5.57 Å². The van der Waals surface area contributed by atoms with Crippen LogP contribution < -0.4 is 0 Å². The van der Waals surface area contributed by atoms with Crippen LogP contribution in [-0.2, 0) is 9.53 Å². The summed E-state index contributed by atoms with van der Waals surface area (Å²) in [5.74, 6) is -0.347. The van der Waals surface area contributed by atoms with E-state index in [1.54, 1.807) is 6.92 Å². The highest BCUT2D eigenvalue weighted by Gasteiger charge is 1.96. The molecule has 0 saturated heterocycles. The molecule has 0 aromatic heterocycles. The van der Waals surface area contributed by atoms with Crippen molar-refractivity contribution in [3.63, 3.8) is 0 Å². The van der Waals surface area contributed by atoms with Gasteiger partial charge in [0.25, 0.3) is 0 Å². The number of hydrogen-bond acceptors (Lipinski definition) is 2. The third-order valence-corrected chi connectivity index (χ3v) is 2.51. The van der Waals surface area contributed by atoms with Gasteiger partial charge in [0.15, 0.2) is 0 Å². The molecule has 0 radical (unpaired) electrons.